The van der Waals surface area contributed by atoms with Crippen molar-refractivity contribution in [3.63, 3.8) is 0 Å². The zero-order chi connectivity index (χ0) is 11.0. The molecule has 15 heavy (non-hydrogen) atoms. The van der Waals surface area contributed by atoms with Crippen LogP contribution in [0.2, 0.25) is 0 Å². The van der Waals surface area contributed by atoms with E-state index in [9.17, 15) is 0 Å². The van der Waals surface area contributed by atoms with E-state index in [0.29, 0.717) is 12.1 Å². The van der Waals surface area contributed by atoms with Crippen LogP contribution < -0.4 is 9.80 Å². The van der Waals surface area contributed by atoms with Gasteiger partial charge in [-0.05, 0) is 39.8 Å². The Hall–Kier alpha value is -1.18. The van der Waals surface area contributed by atoms with Crippen LogP contribution in [0.5, 0.6) is 0 Å². The molecule has 2 nitrogen and oxygen atoms in total. The molecule has 2 radical (unpaired) electrons. The largest absolute Gasteiger partial charge is 0.337 e. The predicted molar refractivity (Wildman–Crippen MR) is 64.9 cm³/mol. The maximum atomic E-state index is 3.42. The number of hydrogen-bond donors (Lipinski definition) is 0. The molecule has 1 heterocycles. The van der Waals surface area contributed by atoms with Gasteiger partial charge in [-0.15, -0.1) is 0 Å². The third kappa shape index (κ3) is 1.69. The zero-order valence-electron chi connectivity index (χ0n) is 9.86. The Morgan fingerprint density at radius 1 is 0.867 bits per heavy atom. The molecule has 0 unspecified atom stereocenters. The van der Waals surface area contributed by atoms with Crippen LogP contribution >= 0.6 is 0 Å². The lowest BCUT2D eigenvalue weighted by atomic mass is 10.2. The second-order valence-corrected chi connectivity index (χ2v) is 4.52. The van der Waals surface area contributed by atoms with Crippen LogP contribution in [0.15, 0.2) is 24.3 Å². The summed E-state index contributed by atoms with van der Waals surface area (Å²) in [6.07, 6.45) is 0. The van der Waals surface area contributed by atoms with Crippen molar-refractivity contribution in [1.29, 1.82) is 0 Å². The molecule has 0 saturated heterocycles. The lowest BCUT2D eigenvalue weighted by molar-refractivity contribution is 0.699. The molecule has 0 aromatic heterocycles. The standard InChI is InChI=1S/C13H18N2/c1-10(2)14-9-15(11(3)4)13-8-6-5-7-12(13)14/h5-8,10-11H,1-4H3. The number of anilines is 2. The van der Waals surface area contributed by atoms with Gasteiger partial charge in [0.05, 0.1) is 11.4 Å². The number of fused-ring (bicyclic) bond motifs is 1. The molecule has 0 atom stereocenters. The molecule has 0 aliphatic carbocycles. The van der Waals surface area contributed by atoms with Gasteiger partial charge in [0.2, 0.25) is 6.67 Å². The van der Waals surface area contributed by atoms with Crippen molar-refractivity contribution >= 4 is 11.4 Å². The molecule has 0 saturated carbocycles. The highest BCUT2D eigenvalue weighted by atomic mass is 15.4. The molecule has 80 valence electrons. The number of benzene rings is 1. The fourth-order valence-electron chi connectivity index (χ4n) is 1.88. The van der Waals surface area contributed by atoms with Crippen molar-refractivity contribution in [3.05, 3.63) is 30.9 Å². The number of para-hydroxylation sites is 2. The van der Waals surface area contributed by atoms with Crippen LogP contribution in [0, 0.1) is 6.67 Å². The Bertz CT molecular complexity index is 311. The van der Waals surface area contributed by atoms with Gasteiger partial charge in [-0.1, -0.05) is 12.1 Å². The molecule has 0 amide bonds. The molecule has 0 N–H and O–H groups in total. The minimum Gasteiger partial charge on any atom is -0.337 e. The molecule has 1 aromatic carbocycles. The zero-order valence-corrected chi connectivity index (χ0v) is 9.86. The maximum absolute atomic E-state index is 3.42. The fourth-order valence-corrected chi connectivity index (χ4v) is 1.88. The predicted octanol–water partition coefficient (Wildman–Crippen LogP) is 3.13. The highest BCUT2D eigenvalue weighted by Crippen LogP contribution is 2.39. The van der Waals surface area contributed by atoms with Gasteiger partial charge in [0.25, 0.3) is 0 Å². The minimum atomic E-state index is 0.454. The van der Waals surface area contributed by atoms with Gasteiger partial charge in [0.15, 0.2) is 0 Å². The lowest BCUT2D eigenvalue weighted by Crippen LogP contribution is -2.33. The monoisotopic (exact) mass is 202 g/mol. The SMILES string of the molecule is CC(C)N1[C]N(C(C)C)c2ccccc21. The molecular weight excluding hydrogens is 184 g/mol. The number of rotatable bonds is 2. The van der Waals surface area contributed by atoms with Gasteiger partial charge < -0.3 is 9.80 Å². The van der Waals surface area contributed by atoms with Crippen molar-refractivity contribution in [1.82, 2.24) is 0 Å². The molecule has 1 aliphatic rings. The van der Waals surface area contributed by atoms with Crippen LogP contribution in [0.3, 0.4) is 0 Å². The Balaban J connectivity index is 2.39. The first kappa shape index (κ1) is 10.3. The highest BCUT2D eigenvalue weighted by molar-refractivity contribution is 5.79. The first-order chi connectivity index (χ1) is 7.11. The molecule has 0 spiro atoms. The topological polar surface area (TPSA) is 6.48 Å². The smallest absolute Gasteiger partial charge is 0.209 e. The van der Waals surface area contributed by atoms with Gasteiger partial charge in [-0.3, -0.25) is 0 Å². The van der Waals surface area contributed by atoms with Crippen LogP contribution in [0.1, 0.15) is 27.7 Å². The summed E-state index contributed by atoms with van der Waals surface area (Å²) in [5.74, 6) is 0. The first-order valence-electron chi connectivity index (χ1n) is 5.55. The van der Waals surface area contributed by atoms with Crippen molar-refractivity contribution < 1.29 is 0 Å². The van der Waals surface area contributed by atoms with Gasteiger partial charge in [-0.25, -0.2) is 0 Å². The summed E-state index contributed by atoms with van der Waals surface area (Å²) in [5, 5.41) is 0. The summed E-state index contributed by atoms with van der Waals surface area (Å²) < 4.78 is 0. The quantitative estimate of drug-likeness (QED) is 0.727. The van der Waals surface area contributed by atoms with Crippen molar-refractivity contribution in [3.8, 4) is 0 Å². The molecule has 1 aromatic rings. The summed E-state index contributed by atoms with van der Waals surface area (Å²) in [7, 11) is 0. The van der Waals surface area contributed by atoms with Crippen LogP contribution in [-0.2, 0) is 0 Å². The fraction of sp³-hybridized carbons (Fsp3) is 0.462. The summed E-state index contributed by atoms with van der Waals surface area (Å²) in [5.41, 5.74) is 2.53. The van der Waals surface area contributed by atoms with Crippen LogP contribution in [-0.4, -0.2) is 12.1 Å². The Kier molecular flexibility index (Phi) is 2.59. The van der Waals surface area contributed by atoms with E-state index in [4.69, 9.17) is 0 Å². The van der Waals surface area contributed by atoms with E-state index in [-0.39, 0.29) is 0 Å². The van der Waals surface area contributed by atoms with Crippen LogP contribution in [0.25, 0.3) is 0 Å². The van der Waals surface area contributed by atoms with Crippen LogP contribution in [0.4, 0.5) is 11.4 Å². The molecule has 0 fully saturated rings. The summed E-state index contributed by atoms with van der Waals surface area (Å²) >= 11 is 0. The van der Waals surface area contributed by atoms with Gasteiger partial charge in [-0.2, -0.15) is 0 Å². The van der Waals surface area contributed by atoms with E-state index in [1.165, 1.54) is 11.4 Å². The minimum absolute atomic E-state index is 0.454. The van der Waals surface area contributed by atoms with Crippen molar-refractivity contribution in [2.75, 3.05) is 9.80 Å². The Labute approximate surface area is 92.5 Å². The van der Waals surface area contributed by atoms with E-state index in [0.717, 1.165) is 0 Å². The van der Waals surface area contributed by atoms with Gasteiger partial charge >= 0.3 is 0 Å². The van der Waals surface area contributed by atoms with E-state index in [2.05, 4.69) is 68.4 Å². The molecule has 0 bridgehead atoms. The molecular formula is C13H18N2. The van der Waals surface area contributed by atoms with E-state index >= 15 is 0 Å². The summed E-state index contributed by atoms with van der Waals surface area (Å²) in [6, 6.07) is 9.39. The Morgan fingerprint density at radius 2 is 1.27 bits per heavy atom. The van der Waals surface area contributed by atoms with E-state index < -0.39 is 0 Å². The summed E-state index contributed by atoms with van der Waals surface area (Å²) in [4.78, 5) is 4.41. The maximum Gasteiger partial charge on any atom is 0.209 e. The average molecular weight is 202 g/mol. The van der Waals surface area contributed by atoms with Crippen molar-refractivity contribution in [2.45, 2.75) is 39.8 Å². The Morgan fingerprint density at radius 3 is 1.60 bits per heavy atom. The third-order valence-electron chi connectivity index (χ3n) is 2.65. The van der Waals surface area contributed by atoms with Gasteiger partial charge in [0.1, 0.15) is 0 Å². The van der Waals surface area contributed by atoms with Gasteiger partial charge in [0, 0.05) is 12.1 Å². The molecule has 2 heteroatoms. The normalized spacial score (nSPS) is 15.3. The average Bonchev–Trinajstić information content (AvgIpc) is 2.56. The van der Waals surface area contributed by atoms with E-state index in [1.807, 2.05) is 0 Å². The second kappa shape index (κ2) is 3.76. The summed E-state index contributed by atoms with van der Waals surface area (Å²) in [6.45, 7) is 12.2. The third-order valence-corrected chi connectivity index (χ3v) is 2.65. The number of nitrogens with zero attached hydrogens (tertiary/aromatic N) is 2. The van der Waals surface area contributed by atoms with Crippen molar-refractivity contribution in [2.24, 2.45) is 0 Å². The van der Waals surface area contributed by atoms with E-state index in [1.54, 1.807) is 0 Å². The first-order valence-corrected chi connectivity index (χ1v) is 5.55. The molecule has 1 aliphatic heterocycles. The second-order valence-electron chi connectivity index (χ2n) is 4.52. The number of hydrogen-bond acceptors (Lipinski definition) is 2. The highest BCUT2D eigenvalue weighted by Gasteiger charge is 2.30. The lowest BCUT2D eigenvalue weighted by Gasteiger charge is -2.24. The molecule has 2 rings (SSSR count).